The Bertz CT molecular complexity index is 1330. The Balaban J connectivity index is 1.35. The summed E-state index contributed by atoms with van der Waals surface area (Å²) >= 11 is 0. The zero-order valence-corrected chi connectivity index (χ0v) is 20.9. The van der Waals surface area contributed by atoms with E-state index in [1.165, 1.54) is 12.1 Å². The van der Waals surface area contributed by atoms with E-state index in [0.717, 1.165) is 12.1 Å². The van der Waals surface area contributed by atoms with Crippen molar-refractivity contribution in [2.24, 2.45) is 0 Å². The van der Waals surface area contributed by atoms with Crippen LogP contribution in [0.4, 0.5) is 0 Å². The van der Waals surface area contributed by atoms with E-state index >= 15 is 0 Å². The van der Waals surface area contributed by atoms with E-state index in [1.807, 2.05) is 0 Å². The fraction of sp³-hybridized carbons (Fsp3) is 0.462. The van der Waals surface area contributed by atoms with Gasteiger partial charge in [-0.05, 0) is 36.8 Å². The third kappa shape index (κ3) is 4.72. The lowest BCUT2D eigenvalue weighted by atomic mass is 9.82. The molecule has 5 rings (SSSR count). The molecule has 9 unspecified atom stereocenters. The smallest absolute Gasteiger partial charge is 0.229 e. The Labute approximate surface area is 226 Å². The maximum atomic E-state index is 13.2. The molecule has 2 aliphatic heterocycles. The highest BCUT2D eigenvalue weighted by Crippen LogP contribution is 2.41. The molecule has 0 radical (unpaired) electrons. The summed E-state index contributed by atoms with van der Waals surface area (Å²) in [6.07, 6.45) is -14.4. The van der Waals surface area contributed by atoms with E-state index in [1.54, 1.807) is 6.92 Å². The molecule has 0 amide bonds. The van der Waals surface area contributed by atoms with Gasteiger partial charge in [0.15, 0.2) is 29.4 Å². The molecule has 2 aromatic carbocycles. The molecule has 1 aliphatic carbocycles. The van der Waals surface area contributed by atoms with Crippen LogP contribution in [0.3, 0.4) is 0 Å². The highest BCUT2D eigenvalue weighted by molar-refractivity contribution is 6.29. The van der Waals surface area contributed by atoms with Crippen molar-refractivity contribution < 1.29 is 69.4 Å². The third-order valence-electron chi connectivity index (χ3n) is 7.23. The van der Waals surface area contributed by atoms with Crippen LogP contribution >= 0.6 is 0 Å². The molecule has 2 saturated heterocycles. The number of aryl methyl sites for hydroxylation is 1. The molecule has 3 aliphatic rings. The van der Waals surface area contributed by atoms with Crippen LogP contribution in [0.1, 0.15) is 37.4 Å². The summed E-state index contributed by atoms with van der Waals surface area (Å²) in [6.45, 7) is 0.694. The number of hydrogen-bond donors (Lipinski definition) is 8. The molecule has 14 nitrogen and oxygen atoms in total. The van der Waals surface area contributed by atoms with Gasteiger partial charge in [-0.3, -0.25) is 9.59 Å². The molecule has 14 heteroatoms. The molecular weight excluding hydrogens is 536 g/mol. The summed E-state index contributed by atoms with van der Waals surface area (Å²) in [5.41, 5.74) is -0.192. The molecule has 0 spiro atoms. The topological polar surface area (TPSA) is 233 Å². The van der Waals surface area contributed by atoms with Gasteiger partial charge in [-0.1, -0.05) is 0 Å². The van der Waals surface area contributed by atoms with E-state index in [2.05, 4.69) is 0 Å². The molecule has 40 heavy (non-hydrogen) atoms. The van der Waals surface area contributed by atoms with Gasteiger partial charge in [0.2, 0.25) is 6.29 Å². The predicted molar refractivity (Wildman–Crippen MR) is 129 cm³/mol. The molecule has 0 saturated carbocycles. The quantitative estimate of drug-likeness (QED) is 0.165. The molecule has 8 N–H and O–H groups in total. The minimum absolute atomic E-state index is 0.0564. The molecule has 9 atom stereocenters. The van der Waals surface area contributed by atoms with Crippen molar-refractivity contribution in [2.75, 3.05) is 13.2 Å². The number of hydrogen-bond acceptors (Lipinski definition) is 14. The van der Waals surface area contributed by atoms with Crippen molar-refractivity contribution in [3.05, 3.63) is 52.1 Å². The lowest BCUT2D eigenvalue weighted by Gasteiger charge is -2.41. The van der Waals surface area contributed by atoms with Gasteiger partial charge in [-0.2, -0.15) is 0 Å². The molecule has 0 bridgehead atoms. The van der Waals surface area contributed by atoms with Crippen molar-refractivity contribution in [3.8, 4) is 17.2 Å². The SMILES string of the molecule is Cc1cc2c(cc1O)C(=O)c1c(ccc(OC3OC(COC4OCC(O)C(O)C4O)C(O)C(O)C3O)c1O)C2=O. The van der Waals surface area contributed by atoms with Crippen LogP contribution < -0.4 is 4.74 Å². The average molecular weight is 564 g/mol. The zero-order valence-electron chi connectivity index (χ0n) is 20.9. The van der Waals surface area contributed by atoms with Crippen molar-refractivity contribution >= 4 is 11.6 Å². The summed E-state index contributed by atoms with van der Waals surface area (Å²) in [4.78, 5) is 26.2. The first-order valence-corrected chi connectivity index (χ1v) is 12.3. The number of aromatic hydroxyl groups is 2. The molecule has 2 fully saturated rings. The van der Waals surface area contributed by atoms with Gasteiger partial charge in [0.05, 0.1) is 18.8 Å². The number of ketones is 2. The number of ether oxygens (including phenoxy) is 4. The minimum atomic E-state index is -1.84. The maximum Gasteiger partial charge on any atom is 0.229 e. The molecule has 2 heterocycles. The van der Waals surface area contributed by atoms with Gasteiger partial charge < -0.3 is 59.8 Å². The van der Waals surface area contributed by atoms with E-state index in [4.69, 9.17) is 18.9 Å². The lowest BCUT2D eigenvalue weighted by Crippen LogP contribution is -2.61. The highest BCUT2D eigenvalue weighted by atomic mass is 16.7. The van der Waals surface area contributed by atoms with Crippen molar-refractivity contribution in [1.82, 2.24) is 0 Å². The van der Waals surface area contributed by atoms with Crippen LogP contribution in [0, 0.1) is 6.92 Å². The van der Waals surface area contributed by atoms with Crippen molar-refractivity contribution in [2.45, 2.75) is 62.2 Å². The number of phenols is 2. The van der Waals surface area contributed by atoms with Crippen LogP contribution in [0.15, 0.2) is 24.3 Å². The first-order valence-electron chi connectivity index (χ1n) is 12.3. The monoisotopic (exact) mass is 564 g/mol. The van der Waals surface area contributed by atoms with E-state index in [-0.39, 0.29) is 29.0 Å². The predicted octanol–water partition coefficient (Wildman–Crippen LogP) is -2.18. The second kappa shape index (κ2) is 10.7. The number of phenolic OH excluding ortho intramolecular Hbond substituents is 2. The Kier molecular flexibility index (Phi) is 7.56. The van der Waals surface area contributed by atoms with Crippen LogP contribution in [0.5, 0.6) is 17.2 Å². The van der Waals surface area contributed by atoms with Crippen molar-refractivity contribution in [1.29, 1.82) is 0 Å². The molecule has 2 aromatic rings. The molecular formula is C26H28O14. The Morgan fingerprint density at radius 2 is 1.50 bits per heavy atom. The largest absolute Gasteiger partial charge is 0.508 e. The third-order valence-corrected chi connectivity index (χ3v) is 7.23. The fourth-order valence-electron chi connectivity index (χ4n) is 4.83. The van der Waals surface area contributed by atoms with Crippen LogP contribution in [-0.4, -0.2) is 121 Å². The maximum absolute atomic E-state index is 13.2. The highest BCUT2D eigenvalue weighted by Gasteiger charge is 2.47. The van der Waals surface area contributed by atoms with E-state index < -0.39 is 90.5 Å². The molecule has 216 valence electrons. The average Bonchev–Trinajstić information content (AvgIpc) is 2.93. The Hall–Kier alpha value is -3.18. The number of carbonyl (C=O) groups excluding carboxylic acids is 2. The summed E-state index contributed by atoms with van der Waals surface area (Å²) in [7, 11) is 0. The number of aliphatic hydroxyl groups excluding tert-OH is 6. The number of rotatable bonds is 5. The van der Waals surface area contributed by atoms with E-state index in [0.29, 0.717) is 5.56 Å². The Morgan fingerprint density at radius 3 is 2.23 bits per heavy atom. The lowest BCUT2D eigenvalue weighted by molar-refractivity contribution is -0.307. The summed E-state index contributed by atoms with van der Waals surface area (Å²) in [6, 6.07) is 4.90. The number of benzene rings is 2. The normalized spacial score (nSPS) is 33.8. The number of aliphatic hydroxyl groups is 6. The van der Waals surface area contributed by atoms with Crippen LogP contribution in [-0.2, 0) is 14.2 Å². The van der Waals surface area contributed by atoms with Gasteiger partial charge >= 0.3 is 0 Å². The standard InChI is InChI=1S/C26H28O14/c1-8-4-10-11(5-12(8)27)18(30)16-9(17(10)29)2-3-14(20(16)32)39-26-24(36)22(34)21(33)15(40-26)7-38-25-23(35)19(31)13(28)6-37-25/h2-5,13,15,19,21-28,31-36H,6-7H2,1H3. The first-order chi connectivity index (χ1) is 18.9. The van der Waals surface area contributed by atoms with Crippen molar-refractivity contribution in [3.63, 3.8) is 0 Å². The number of carbonyl (C=O) groups is 2. The second-order valence-corrected chi connectivity index (χ2v) is 9.89. The fourth-order valence-corrected chi connectivity index (χ4v) is 4.83. The summed E-state index contributed by atoms with van der Waals surface area (Å²) < 4.78 is 21.6. The zero-order chi connectivity index (χ0) is 29.0. The minimum Gasteiger partial charge on any atom is -0.508 e. The second-order valence-electron chi connectivity index (χ2n) is 9.89. The summed E-state index contributed by atoms with van der Waals surface area (Å²) in [5, 5.41) is 81.5. The molecule has 0 aromatic heterocycles. The van der Waals surface area contributed by atoms with E-state index in [9.17, 15) is 50.4 Å². The van der Waals surface area contributed by atoms with Gasteiger partial charge in [0, 0.05) is 16.7 Å². The van der Waals surface area contributed by atoms with Gasteiger partial charge in [0.1, 0.15) is 48.5 Å². The summed E-state index contributed by atoms with van der Waals surface area (Å²) in [5.74, 6) is -2.68. The van der Waals surface area contributed by atoms with Gasteiger partial charge in [-0.15, -0.1) is 0 Å². The first kappa shape index (κ1) is 28.4. The van der Waals surface area contributed by atoms with Gasteiger partial charge in [-0.25, -0.2) is 0 Å². The van der Waals surface area contributed by atoms with Crippen LogP contribution in [0.25, 0.3) is 0 Å². The number of fused-ring (bicyclic) bond motifs is 2. The Morgan fingerprint density at radius 1 is 0.825 bits per heavy atom. The van der Waals surface area contributed by atoms with Crippen LogP contribution in [0.2, 0.25) is 0 Å². The van der Waals surface area contributed by atoms with Gasteiger partial charge in [0.25, 0.3) is 0 Å².